The van der Waals surface area contributed by atoms with Crippen LogP contribution >= 0.6 is 0 Å². The maximum absolute atomic E-state index is 12.7. The fraction of sp³-hybridized carbons (Fsp3) is 0.250. The number of fused-ring (bicyclic) bond motifs is 1. The number of nitrogens with zero attached hydrogens (tertiary/aromatic N) is 1. The molecule has 32 heavy (non-hydrogen) atoms. The Morgan fingerprint density at radius 1 is 1.00 bits per heavy atom. The molecule has 2 atom stereocenters. The maximum Gasteiger partial charge on any atom is 0.338 e. The van der Waals surface area contributed by atoms with Crippen LogP contribution in [0.5, 0.6) is 5.75 Å². The lowest BCUT2D eigenvalue weighted by atomic mass is 9.85. The van der Waals surface area contributed by atoms with Gasteiger partial charge in [-0.2, -0.15) is 0 Å². The van der Waals surface area contributed by atoms with E-state index in [0.29, 0.717) is 30.0 Å². The lowest BCUT2D eigenvalue weighted by Crippen LogP contribution is -2.30. The van der Waals surface area contributed by atoms with Crippen LogP contribution in [0.25, 0.3) is 0 Å². The number of methoxy groups -OCH3 is 1. The fourth-order valence-corrected chi connectivity index (χ4v) is 3.91. The first-order valence-corrected chi connectivity index (χ1v) is 10.2. The third kappa shape index (κ3) is 4.25. The van der Waals surface area contributed by atoms with E-state index in [1.165, 1.54) is 36.3 Å². The summed E-state index contributed by atoms with van der Waals surface area (Å²) in [5.41, 5.74) is 1.15. The molecule has 0 unspecified atom stereocenters. The lowest BCUT2D eigenvalue weighted by Gasteiger charge is -2.15. The van der Waals surface area contributed by atoms with Crippen LogP contribution in [0.15, 0.2) is 60.7 Å². The van der Waals surface area contributed by atoms with Crippen molar-refractivity contribution < 1.29 is 28.7 Å². The van der Waals surface area contributed by atoms with Crippen LogP contribution < -0.4 is 15.0 Å². The summed E-state index contributed by atoms with van der Waals surface area (Å²) in [5, 5.41) is 2.62. The minimum atomic E-state index is -0.686. The van der Waals surface area contributed by atoms with Gasteiger partial charge in [0.25, 0.3) is 5.91 Å². The van der Waals surface area contributed by atoms with Crippen molar-refractivity contribution in [2.24, 2.45) is 11.8 Å². The number of imide groups is 1. The number of allylic oxidation sites excluding steroid dienone is 2. The third-order valence-electron chi connectivity index (χ3n) is 5.56. The molecule has 1 fully saturated rings. The van der Waals surface area contributed by atoms with Crippen molar-refractivity contribution in [1.82, 2.24) is 0 Å². The first-order valence-electron chi connectivity index (χ1n) is 10.2. The van der Waals surface area contributed by atoms with E-state index >= 15 is 0 Å². The molecule has 2 aliphatic rings. The first-order chi connectivity index (χ1) is 15.5. The molecule has 0 aromatic heterocycles. The highest BCUT2D eigenvalue weighted by molar-refractivity contribution is 6.22. The second kappa shape index (κ2) is 9.05. The van der Waals surface area contributed by atoms with Gasteiger partial charge in [0.2, 0.25) is 11.8 Å². The largest absolute Gasteiger partial charge is 0.497 e. The zero-order valence-corrected chi connectivity index (χ0v) is 17.4. The van der Waals surface area contributed by atoms with Gasteiger partial charge in [-0.25, -0.2) is 4.79 Å². The van der Waals surface area contributed by atoms with E-state index in [1.807, 2.05) is 12.2 Å². The molecule has 8 heteroatoms. The zero-order valence-electron chi connectivity index (χ0n) is 17.4. The average molecular weight is 434 g/mol. The van der Waals surface area contributed by atoms with Crippen molar-refractivity contribution in [3.63, 3.8) is 0 Å². The molecule has 8 nitrogen and oxygen atoms in total. The molecule has 164 valence electrons. The van der Waals surface area contributed by atoms with Crippen molar-refractivity contribution >= 4 is 35.1 Å². The van der Waals surface area contributed by atoms with Crippen LogP contribution in [0, 0.1) is 11.8 Å². The van der Waals surface area contributed by atoms with Crippen LogP contribution in [0.3, 0.4) is 0 Å². The lowest BCUT2D eigenvalue weighted by molar-refractivity contribution is -0.122. The molecule has 1 aliphatic heterocycles. The van der Waals surface area contributed by atoms with Crippen molar-refractivity contribution in [1.29, 1.82) is 0 Å². The average Bonchev–Trinajstić information content (AvgIpc) is 3.08. The van der Waals surface area contributed by atoms with Gasteiger partial charge in [-0.05, 0) is 49.2 Å². The highest BCUT2D eigenvalue weighted by Crippen LogP contribution is 2.37. The van der Waals surface area contributed by atoms with Crippen LogP contribution in [0.2, 0.25) is 0 Å². The third-order valence-corrected chi connectivity index (χ3v) is 5.56. The predicted octanol–water partition coefficient (Wildman–Crippen LogP) is 2.95. The van der Waals surface area contributed by atoms with Crippen LogP contribution in [0.4, 0.5) is 11.4 Å². The summed E-state index contributed by atoms with van der Waals surface area (Å²) in [6, 6.07) is 12.8. The summed E-state index contributed by atoms with van der Waals surface area (Å²) in [6.07, 6.45) is 4.99. The van der Waals surface area contributed by atoms with Gasteiger partial charge in [-0.3, -0.25) is 19.3 Å². The van der Waals surface area contributed by atoms with Crippen LogP contribution in [0.1, 0.15) is 23.2 Å². The van der Waals surface area contributed by atoms with E-state index in [9.17, 15) is 19.2 Å². The number of hydrogen-bond acceptors (Lipinski definition) is 6. The second-order valence-electron chi connectivity index (χ2n) is 7.57. The Kier molecular flexibility index (Phi) is 6.02. The Morgan fingerprint density at radius 3 is 2.28 bits per heavy atom. The van der Waals surface area contributed by atoms with Gasteiger partial charge < -0.3 is 14.8 Å². The zero-order chi connectivity index (χ0) is 22.7. The van der Waals surface area contributed by atoms with E-state index in [0.717, 1.165) is 0 Å². The molecule has 1 N–H and O–H groups in total. The quantitative estimate of drug-likeness (QED) is 0.426. The highest BCUT2D eigenvalue weighted by atomic mass is 16.5. The summed E-state index contributed by atoms with van der Waals surface area (Å²) < 4.78 is 10.2. The molecule has 3 amide bonds. The number of carbonyl (C=O) groups excluding carboxylic acids is 4. The Labute approximate surface area is 184 Å². The Morgan fingerprint density at radius 2 is 1.66 bits per heavy atom. The van der Waals surface area contributed by atoms with Crippen molar-refractivity contribution in [2.45, 2.75) is 12.8 Å². The summed E-state index contributed by atoms with van der Waals surface area (Å²) in [6.45, 7) is -0.461. The van der Waals surface area contributed by atoms with E-state index in [2.05, 4.69) is 5.32 Å². The maximum atomic E-state index is 12.7. The number of ether oxygens (including phenoxy) is 2. The van der Waals surface area contributed by atoms with Gasteiger partial charge in [0.1, 0.15) is 5.75 Å². The van der Waals surface area contributed by atoms with E-state index in [1.54, 1.807) is 24.3 Å². The number of hydrogen-bond donors (Lipinski definition) is 1. The van der Waals surface area contributed by atoms with Gasteiger partial charge in [0.15, 0.2) is 6.61 Å². The monoisotopic (exact) mass is 434 g/mol. The topological polar surface area (TPSA) is 102 Å². The smallest absolute Gasteiger partial charge is 0.338 e. The van der Waals surface area contributed by atoms with Gasteiger partial charge in [-0.15, -0.1) is 0 Å². The summed E-state index contributed by atoms with van der Waals surface area (Å²) in [4.78, 5) is 50.9. The normalized spacial score (nSPS) is 19.5. The molecule has 1 aliphatic carbocycles. The predicted molar refractivity (Wildman–Crippen MR) is 116 cm³/mol. The van der Waals surface area contributed by atoms with Crippen LogP contribution in [-0.4, -0.2) is 37.4 Å². The van der Waals surface area contributed by atoms with Gasteiger partial charge >= 0.3 is 5.97 Å². The Balaban J connectivity index is 1.35. The molecule has 0 bridgehead atoms. The standard InChI is InChI=1S/C24H22N2O6/c1-31-18-6-4-5-16(13-18)25-21(27)14-32-24(30)15-9-11-17(12-10-15)26-22(28)19-7-2-3-8-20(19)23(26)29/h2-6,9-13,19-20H,7-8,14H2,1H3,(H,25,27)/t19-,20-/m1/s1. The van der Waals surface area contributed by atoms with Crippen molar-refractivity contribution in [2.75, 3.05) is 23.9 Å². The number of amides is 3. The van der Waals surface area contributed by atoms with Crippen LogP contribution in [-0.2, 0) is 19.1 Å². The van der Waals surface area contributed by atoms with Crippen molar-refractivity contribution in [3.8, 4) is 5.75 Å². The van der Waals surface area contributed by atoms with Gasteiger partial charge in [0.05, 0.1) is 30.2 Å². The number of anilines is 2. The van der Waals surface area contributed by atoms with E-state index in [-0.39, 0.29) is 29.2 Å². The molecular formula is C24H22N2O6. The number of nitrogens with one attached hydrogen (secondary N) is 1. The Bertz CT molecular complexity index is 1070. The molecule has 1 saturated heterocycles. The highest BCUT2D eigenvalue weighted by Gasteiger charge is 2.47. The molecule has 1 heterocycles. The molecular weight excluding hydrogens is 412 g/mol. The summed E-state index contributed by atoms with van der Waals surface area (Å²) in [7, 11) is 1.52. The molecule has 0 saturated carbocycles. The minimum Gasteiger partial charge on any atom is -0.497 e. The SMILES string of the molecule is COc1cccc(NC(=O)COC(=O)c2ccc(N3C(=O)[C@@H]4CC=CC[C@H]4C3=O)cc2)c1. The molecule has 2 aromatic carbocycles. The second-order valence-corrected chi connectivity index (χ2v) is 7.57. The number of esters is 1. The minimum absolute atomic E-state index is 0.209. The summed E-state index contributed by atoms with van der Waals surface area (Å²) >= 11 is 0. The number of benzene rings is 2. The van der Waals surface area contributed by atoms with Gasteiger partial charge in [-0.1, -0.05) is 18.2 Å². The van der Waals surface area contributed by atoms with Gasteiger partial charge in [0, 0.05) is 11.8 Å². The van der Waals surface area contributed by atoms with E-state index in [4.69, 9.17) is 9.47 Å². The van der Waals surface area contributed by atoms with Crippen molar-refractivity contribution in [3.05, 3.63) is 66.2 Å². The number of carbonyl (C=O) groups is 4. The fourth-order valence-electron chi connectivity index (χ4n) is 3.91. The summed E-state index contributed by atoms with van der Waals surface area (Å²) in [5.74, 6) is -1.66. The van der Waals surface area contributed by atoms with E-state index < -0.39 is 18.5 Å². The molecule has 2 aromatic rings. The first kappa shape index (κ1) is 21.3. The molecule has 0 spiro atoms. The number of rotatable bonds is 6. The molecule has 0 radical (unpaired) electrons. The Hall–Kier alpha value is -3.94. The molecule has 4 rings (SSSR count).